The average molecular weight is 312 g/mol. The van der Waals surface area contributed by atoms with E-state index in [0.717, 1.165) is 17.6 Å². The number of rotatable bonds is 6. The van der Waals surface area contributed by atoms with Gasteiger partial charge in [-0.3, -0.25) is 4.98 Å². The van der Waals surface area contributed by atoms with Crippen LogP contribution in [0, 0.1) is 5.92 Å². The minimum Gasteiger partial charge on any atom is -0.312 e. The third kappa shape index (κ3) is 4.67. The second kappa shape index (κ2) is 7.22. The molecule has 0 saturated carbocycles. The molecule has 2 rings (SSSR count). The van der Waals surface area contributed by atoms with Crippen LogP contribution in [0.1, 0.15) is 25.3 Å². The van der Waals surface area contributed by atoms with Crippen LogP contribution in [0.5, 0.6) is 0 Å². The van der Waals surface area contributed by atoms with Crippen LogP contribution < -0.4 is 5.32 Å². The van der Waals surface area contributed by atoms with E-state index >= 15 is 0 Å². The topological polar surface area (TPSA) is 28.2 Å². The van der Waals surface area contributed by atoms with E-state index in [0.29, 0.717) is 5.92 Å². The number of hydrogen-bond donors (Lipinski definition) is 1. The molecule has 1 N–H and O–H groups in total. The number of pyridine rings is 1. The summed E-state index contributed by atoms with van der Waals surface area (Å²) in [4.78, 5) is 6.75. The fourth-order valence-electron chi connectivity index (χ4n) is 2.49. The van der Waals surface area contributed by atoms with Gasteiger partial charge in [-0.25, -0.2) is 0 Å². The van der Waals surface area contributed by atoms with Crippen molar-refractivity contribution >= 4 is 15.9 Å². The maximum Gasteiger partial charge on any atom is 0.0410 e. The van der Waals surface area contributed by atoms with Crippen molar-refractivity contribution in [1.82, 2.24) is 15.2 Å². The van der Waals surface area contributed by atoms with Gasteiger partial charge in [-0.05, 0) is 66.0 Å². The van der Waals surface area contributed by atoms with Crippen LogP contribution in [-0.4, -0.2) is 36.1 Å². The summed E-state index contributed by atoms with van der Waals surface area (Å²) in [5.41, 5.74) is 1.23. The molecule has 1 atom stereocenters. The predicted octanol–water partition coefficient (Wildman–Crippen LogP) is 2.67. The third-order valence-electron chi connectivity index (χ3n) is 3.35. The van der Waals surface area contributed by atoms with Gasteiger partial charge in [-0.15, -0.1) is 0 Å². The fourth-order valence-corrected chi connectivity index (χ4v) is 2.90. The number of likely N-dealkylation sites (tertiary alicyclic amines) is 1. The molecule has 0 spiro atoms. The fraction of sp³-hybridized carbons (Fsp3) is 0.643. The van der Waals surface area contributed by atoms with Crippen LogP contribution in [0.3, 0.4) is 0 Å². The van der Waals surface area contributed by atoms with Crippen molar-refractivity contribution in [3.8, 4) is 0 Å². The Morgan fingerprint density at radius 1 is 1.39 bits per heavy atom. The van der Waals surface area contributed by atoms with E-state index in [1.165, 1.54) is 38.0 Å². The first-order valence-electron chi connectivity index (χ1n) is 6.76. The van der Waals surface area contributed by atoms with Gasteiger partial charge in [0.05, 0.1) is 0 Å². The van der Waals surface area contributed by atoms with Gasteiger partial charge in [0.2, 0.25) is 0 Å². The molecule has 4 heteroatoms. The maximum absolute atomic E-state index is 4.17. The molecule has 0 bridgehead atoms. The summed E-state index contributed by atoms with van der Waals surface area (Å²) in [5.74, 6) is 0.711. The predicted molar refractivity (Wildman–Crippen MR) is 78.5 cm³/mol. The van der Waals surface area contributed by atoms with Crippen molar-refractivity contribution in [1.29, 1.82) is 0 Å². The Morgan fingerprint density at radius 2 is 2.17 bits per heavy atom. The quantitative estimate of drug-likeness (QED) is 0.875. The molecule has 3 nitrogen and oxygen atoms in total. The van der Waals surface area contributed by atoms with Crippen LogP contribution in [0.25, 0.3) is 0 Å². The Hall–Kier alpha value is -0.450. The van der Waals surface area contributed by atoms with Crippen LogP contribution in [0.15, 0.2) is 22.9 Å². The number of nitrogens with one attached hydrogen (secondary N) is 1. The van der Waals surface area contributed by atoms with E-state index in [4.69, 9.17) is 0 Å². The van der Waals surface area contributed by atoms with Gasteiger partial charge in [-0.1, -0.05) is 6.92 Å². The van der Waals surface area contributed by atoms with E-state index in [1.807, 2.05) is 12.4 Å². The third-order valence-corrected chi connectivity index (χ3v) is 3.79. The van der Waals surface area contributed by atoms with Crippen LogP contribution in [-0.2, 0) is 6.54 Å². The molecule has 0 aliphatic carbocycles. The summed E-state index contributed by atoms with van der Waals surface area (Å²) in [7, 11) is 0. The van der Waals surface area contributed by atoms with Crippen molar-refractivity contribution in [2.24, 2.45) is 5.92 Å². The molecule has 1 aliphatic heterocycles. The average Bonchev–Trinajstić information content (AvgIpc) is 2.82. The highest BCUT2D eigenvalue weighted by Gasteiger charge is 2.14. The smallest absolute Gasteiger partial charge is 0.0410 e. The Kier molecular flexibility index (Phi) is 5.60. The minimum absolute atomic E-state index is 0.711. The van der Waals surface area contributed by atoms with Gasteiger partial charge in [0.1, 0.15) is 0 Å². The molecular formula is C14H22BrN3. The molecule has 1 fully saturated rings. The second-order valence-electron chi connectivity index (χ2n) is 5.26. The van der Waals surface area contributed by atoms with Crippen molar-refractivity contribution in [2.45, 2.75) is 26.3 Å². The summed E-state index contributed by atoms with van der Waals surface area (Å²) < 4.78 is 1.05. The van der Waals surface area contributed by atoms with Gasteiger partial charge < -0.3 is 10.2 Å². The van der Waals surface area contributed by atoms with Crippen molar-refractivity contribution in [3.63, 3.8) is 0 Å². The van der Waals surface area contributed by atoms with Crippen LogP contribution in [0.4, 0.5) is 0 Å². The number of halogens is 1. The molecule has 1 aromatic rings. The number of hydrogen-bond acceptors (Lipinski definition) is 3. The van der Waals surface area contributed by atoms with Crippen molar-refractivity contribution in [2.75, 3.05) is 26.2 Å². The summed E-state index contributed by atoms with van der Waals surface area (Å²) in [6.45, 7) is 8.10. The number of aromatic nitrogens is 1. The summed E-state index contributed by atoms with van der Waals surface area (Å²) >= 11 is 3.44. The Labute approximate surface area is 118 Å². The van der Waals surface area contributed by atoms with E-state index < -0.39 is 0 Å². The van der Waals surface area contributed by atoms with Gasteiger partial charge in [0.25, 0.3) is 0 Å². The lowest BCUT2D eigenvalue weighted by molar-refractivity contribution is 0.282. The largest absolute Gasteiger partial charge is 0.312 e. The second-order valence-corrected chi connectivity index (χ2v) is 6.17. The van der Waals surface area contributed by atoms with Gasteiger partial charge in [0, 0.05) is 30.0 Å². The molecule has 0 aromatic carbocycles. The lowest BCUT2D eigenvalue weighted by Crippen LogP contribution is -2.31. The zero-order chi connectivity index (χ0) is 12.8. The van der Waals surface area contributed by atoms with E-state index in [-0.39, 0.29) is 0 Å². The highest BCUT2D eigenvalue weighted by atomic mass is 79.9. The molecule has 1 unspecified atom stereocenters. The highest BCUT2D eigenvalue weighted by Crippen LogP contribution is 2.11. The Balaban J connectivity index is 1.65. The Bertz CT molecular complexity index is 364. The molecule has 1 aliphatic rings. The summed E-state index contributed by atoms with van der Waals surface area (Å²) in [5, 5.41) is 3.52. The van der Waals surface area contributed by atoms with Crippen molar-refractivity contribution < 1.29 is 0 Å². The minimum atomic E-state index is 0.711. The standard InChI is InChI=1S/C14H22BrN3/c1-12(11-18-4-2-3-5-18)7-16-8-13-6-14(15)10-17-9-13/h6,9-10,12,16H,2-5,7-8,11H2,1H3. The molecule has 1 saturated heterocycles. The monoisotopic (exact) mass is 311 g/mol. The summed E-state index contributed by atoms with van der Waals surface area (Å²) in [6.07, 6.45) is 6.50. The SMILES string of the molecule is CC(CNCc1cncc(Br)c1)CN1CCCC1. The van der Waals surface area contributed by atoms with E-state index in [2.05, 4.69) is 44.1 Å². The molecule has 1 aromatic heterocycles. The zero-order valence-electron chi connectivity index (χ0n) is 11.0. The molecule has 100 valence electrons. The van der Waals surface area contributed by atoms with E-state index in [9.17, 15) is 0 Å². The highest BCUT2D eigenvalue weighted by molar-refractivity contribution is 9.10. The molecule has 2 heterocycles. The normalized spacial score (nSPS) is 18.1. The first kappa shape index (κ1) is 14.0. The number of nitrogens with zero attached hydrogens (tertiary/aromatic N) is 2. The van der Waals surface area contributed by atoms with Gasteiger partial charge >= 0.3 is 0 Å². The van der Waals surface area contributed by atoms with Gasteiger partial charge in [-0.2, -0.15) is 0 Å². The van der Waals surface area contributed by atoms with Crippen LogP contribution in [0.2, 0.25) is 0 Å². The Morgan fingerprint density at radius 3 is 2.89 bits per heavy atom. The van der Waals surface area contributed by atoms with Crippen molar-refractivity contribution in [3.05, 3.63) is 28.5 Å². The molecular weight excluding hydrogens is 290 g/mol. The van der Waals surface area contributed by atoms with Gasteiger partial charge in [0.15, 0.2) is 0 Å². The molecule has 0 amide bonds. The molecule has 18 heavy (non-hydrogen) atoms. The maximum atomic E-state index is 4.17. The van der Waals surface area contributed by atoms with Crippen LogP contribution >= 0.6 is 15.9 Å². The summed E-state index contributed by atoms with van der Waals surface area (Å²) in [6, 6.07) is 2.12. The lowest BCUT2D eigenvalue weighted by Gasteiger charge is -2.20. The van der Waals surface area contributed by atoms with E-state index in [1.54, 1.807) is 0 Å². The zero-order valence-corrected chi connectivity index (χ0v) is 12.6. The lowest BCUT2D eigenvalue weighted by atomic mass is 10.1. The first-order valence-corrected chi connectivity index (χ1v) is 7.56. The molecule has 0 radical (unpaired) electrons. The first-order chi connectivity index (χ1) is 8.74.